The highest BCUT2D eigenvalue weighted by Crippen LogP contribution is 2.39. The van der Waals surface area contributed by atoms with E-state index in [2.05, 4.69) is 0 Å². The molecule has 2 N–H and O–H groups in total. The van der Waals surface area contributed by atoms with Crippen molar-refractivity contribution < 1.29 is 24.2 Å². The maximum Gasteiger partial charge on any atom is 0.303 e. The van der Waals surface area contributed by atoms with E-state index in [9.17, 15) is 19.1 Å². The molecule has 0 amide bonds. The highest BCUT2D eigenvalue weighted by Gasteiger charge is 2.41. The first-order valence-electron chi connectivity index (χ1n) is 10.2. The van der Waals surface area contributed by atoms with Gasteiger partial charge >= 0.3 is 5.97 Å². The van der Waals surface area contributed by atoms with Crippen LogP contribution in [-0.2, 0) is 9.59 Å². The Balaban J connectivity index is 1.53. The zero-order valence-electron chi connectivity index (χ0n) is 16.3. The molecule has 156 valence electrons. The molecule has 0 spiro atoms. The molecule has 1 aliphatic rings. The van der Waals surface area contributed by atoms with Gasteiger partial charge in [0.1, 0.15) is 12.0 Å². The molecule has 1 aromatic heterocycles. The fourth-order valence-corrected chi connectivity index (χ4v) is 5.15. The molecule has 6 heteroatoms. The fraction of sp³-hybridized carbons (Fsp3) is 0.478. The normalized spacial score (nSPS) is 23.2. The van der Waals surface area contributed by atoms with Crippen LogP contribution < -0.4 is 0 Å². The third-order valence-electron chi connectivity index (χ3n) is 5.65. The van der Waals surface area contributed by atoms with Crippen molar-refractivity contribution >= 4 is 33.2 Å². The van der Waals surface area contributed by atoms with Crippen LogP contribution in [-0.4, -0.2) is 28.1 Å². The van der Waals surface area contributed by atoms with E-state index in [1.807, 2.05) is 42.5 Å². The number of fused-ring (bicyclic) bond motifs is 1. The van der Waals surface area contributed by atoms with Gasteiger partial charge in [-0.2, -0.15) is 0 Å². The summed E-state index contributed by atoms with van der Waals surface area (Å²) < 4.78 is 15.5. The number of hydrogen-bond acceptors (Lipinski definition) is 4. The molecule has 1 heterocycles. The Kier molecular flexibility index (Phi) is 7.56. The van der Waals surface area contributed by atoms with Crippen LogP contribution in [0.4, 0.5) is 4.39 Å². The number of aliphatic hydroxyl groups excluding tert-OH is 1. The maximum absolute atomic E-state index is 14.4. The van der Waals surface area contributed by atoms with Crippen molar-refractivity contribution in [1.82, 2.24) is 0 Å². The molecule has 4 atom stereocenters. The van der Waals surface area contributed by atoms with Crippen LogP contribution in [0.5, 0.6) is 0 Å². The molecule has 0 radical (unpaired) electrons. The predicted octanol–water partition coefficient (Wildman–Crippen LogP) is 5.46. The standard InChI is InChI=1S/C23H27FO4S/c24-18-14-20(26)17(16(18)8-3-1-2-4-10-23(27)28)11-12-19(25)22-13-15-7-5-6-9-21(15)29-22/h1,3,5-7,9,13,16-19,25H,2,4,8,10-12,14H2,(H,27,28)/b3-1-/t16-,17-,18+,19-/m1/s1. The van der Waals surface area contributed by atoms with Crippen molar-refractivity contribution in [3.63, 3.8) is 0 Å². The molecule has 4 nitrogen and oxygen atoms in total. The van der Waals surface area contributed by atoms with E-state index in [1.165, 1.54) is 0 Å². The Hall–Kier alpha value is -2.05. The minimum Gasteiger partial charge on any atom is -0.481 e. The SMILES string of the molecule is O=C(O)CCC/C=C\C[C@H]1[C@@H](F)CC(=O)[C@@H]1CC[C@@H](O)c1cc2ccccc2s1. The number of aliphatic hydroxyl groups is 1. The average Bonchev–Trinajstić information content (AvgIpc) is 3.23. The number of alkyl halides is 1. The smallest absolute Gasteiger partial charge is 0.303 e. The van der Waals surface area contributed by atoms with Crippen LogP contribution in [0.3, 0.4) is 0 Å². The van der Waals surface area contributed by atoms with Gasteiger partial charge in [-0.25, -0.2) is 4.39 Å². The lowest BCUT2D eigenvalue weighted by molar-refractivity contribution is -0.137. The number of carboxylic acids is 1. The van der Waals surface area contributed by atoms with Gasteiger partial charge in [0.05, 0.1) is 6.10 Å². The Morgan fingerprint density at radius 3 is 2.86 bits per heavy atom. The number of hydrogen-bond donors (Lipinski definition) is 2. The monoisotopic (exact) mass is 418 g/mol. The molecule has 1 aromatic carbocycles. The number of rotatable bonds is 10. The number of Topliss-reactive ketones (excluding diaryl/α,β-unsaturated/α-hetero) is 1. The summed E-state index contributed by atoms with van der Waals surface area (Å²) in [6.45, 7) is 0. The van der Waals surface area contributed by atoms with E-state index in [0.29, 0.717) is 32.1 Å². The molecule has 3 rings (SSSR count). The number of thiophene rings is 1. The van der Waals surface area contributed by atoms with Crippen molar-refractivity contribution in [3.05, 3.63) is 47.4 Å². The molecule has 0 unspecified atom stereocenters. The second kappa shape index (κ2) is 10.1. The van der Waals surface area contributed by atoms with Crippen LogP contribution in [0, 0.1) is 11.8 Å². The van der Waals surface area contributed by atoms with Crippen molar-refractivity contribution in [2.24, 2.45) is 11.8 Å². The van der Waals surface area contributed by atoms with Gasteiger partial charge < -0.3 is 10.2 Å². The first kappa shape index (κ1) is 21.7. The highest BCUT2D eigenvalue weighted by molar-refractivity contribution is 7.19. The number of carbonyl (C=O) groups is 2. The number of halogens is 1. The minimum absolute atomic E-state index is 0.0405. The van der Waals surface area contributed by atoms with Gasteiger partial charge in [0.25, 0.3) is 0 Å². The molecule has 0 bridgehead atoms. The van der Waals surface area contributed by atoms with Crippen molar-refractivity contribution in [3.8, 4) is 0 Å². The summed E-state index contributed by atoms with van der Waals surface area (Å²) in [4.78, 5) is 23.7. The van der Waals surface area contributed by atoms with E-state index < -0.39 is 18.2 Å². The van der Waals surface area contributed by atoms with Gasteiger partial charge in [0.15, 0.2) is 0 Å². The van der Waals surface area contributed by atoms with Gasteiger partial charge in [-0.05, 0) is 49.6 Å². The molecule has 0 saturated heterocycles. The zero-order valence-corrected chi connectivity index (χ0v) is 17.1. The van der Waals surface area contributed by atoms with Gasteiger partial charge in [0, 0.05) is 34.3 Å². The predicted molar refractivity (Wildman–Crippen MR) is 113 cm³/mol. The summed E-state index contributed by atoms with van der Waals surface area (Å²) in [6.07, 6.45) is 4.62. The summed E-state index contributed by atoms with van der Waals surface area (Å²) in [5.74, 6) is -1.59. The largest absolute Gasteiger partial charge is 0.481 e. The van der Waals surface area contributed by atoms with Crippen LogP contribution >= 0.6 is 11.3 Å². The van der Waals surface area contributed by atoms with E-state index in [4.69, 9.17) is 5.11 Å². The molecule has 1 aliphatic carbocycles. The summed E-state index contributed by atoms with van der Waals surface area (Å²) >= 11 is 1.55. The number of benzene rings is 1. The molecule has 1 saturated carbocycles. The third-order valence-corrected chi connectivity index (χ3v) is 6.87. The van der Waals surface area contributed by atoms with Crippen molar-refractivity contribution in [1.29, 1.82) is 0 Å². The minimum atomic E-state index is -1.14. The number of aliphatic carboxylic acids is 1. The molecule has 29 heavy (non-hydrogen) atoms. The fourth-order valence-electron chi connectivity index (χ4n) is 4.06. The average molecular weight is 419 g/mol. The summed E-state index contributed by atoms with van der Waals surface area (Å²) in [5, 5.41) is 20.3. The topological polar surface area (TPSA) is 74.6 Å². The second-order valence-electron chi connectivity index (χ2n) is 7.73. The Bertz CT molecular complexity index is 842. The zero-order chi connectivity index (χ0) is 20.8. The molecule has 1 fully saturated rings. The number of allylic oxidation sites excluding steroid dienone is 2. The lowest BCUT2D eigenvalue weighted by atomic mass is 9.87. The first-order chi connectivity index (χ1) is 14.0. The molecular weight excluding hydrogens is 391 g/mol. The van der Waals surface area contributed by atoms with Gasteiger partial charge in [0.2, 0.25) is 0 Å². The highest BCUT2D eigenvalue weighted by atomic mass is 32.1. The first-order valence-corrected chi connectivity index (χ1v) is 11.0. The van der Waals surface area contributed by atoms with Gasteiger partial charge in [-0.15, -0.1) is 11.3 Å². The lowest BCUT2D eigenvalue weighted by Gasteiger charge is -2.19. The van der Waals surface area contributed by atoms with E-state index in [0.717, 1.165) is 15.0 Å². The molecular formula is C23H27FO4S. The number of unbranched alkanes of at least 4 members (excludes halogenated alkanes) is 1. The summed E-state index contributed by atoms with van der Waals surface area (Å²) in [5.41, 5.74) is 0. The summed E-state index contributed by atoms with van der Waals surface area (Å²) in [7, 11) is 0. The van der Waals surface area contributed by atoms with Gasteiger partial charge in [-0.1, -0.05) is 30.4 Å². The quantitative estimate of drug-likeness (QED) is 0.397. The van der Waals surface area contributed by atoms with E-state index in [-0.39, 0.29) is 30.5 Å². The molecule has 0 aliphatic heterocycles. The second-order valence-corrected chi connectivity index (χ2v) is 8.84. The summed E-state index contributed by atoms with van der Waals surface area (Å²) in [6, 6.07) is 9.94. The number of carbonyl (C=O) groups excluding carboxylic acids is 1. The number of carboxylic acid groups (broad SMARTS) is 1. The van der Waals surface area contributed by atoms with Crippen molar-refractivity contribution in [2.75, 3.05) is 0 Å². The Morgan fingerprint density at radius 2 is 2.10 bits per heavy atom. The lowest BCUT2D eigenvalue weighted by Crippen LogP contribution is -2.18. The van der Waals surface area contributed by atoms with E-state index >= 15 is 0 Å². The van der Waals surface area contributed by atoms with Crippen LogP contribution in [0.1, 0.15) is 55.9 Å². The van der Waals surface area contributed by atoms with Crippen molar-refractivity contribution in [2.45, 2.75) is 57.2 Å². The van der Waals surface area contributed by atoms with Crippen LogP contribution in [0.15, 0.2) is 42.5 Å². The molecule has 2 aromatic rings. The van der Waals surface area contributed by atoms with Gasteiger partial charge in [-0.3, -0.25) is 9.59 Å². The number of ketones is 1. The van der Waals surface area contributed by atoms with Crippen LogP contribution in [0.25, 0.3) is 10.1 Å². The van der Waals surface area contributed by atoms with E-state index in [1.54, 1.807) is 11.3 Å². The van der Waals surface area contributed by atoms with Crippen LogP contribution in [0.2, 0.25) is 0 Å². The third kappa shape index (κ3) is 5.73. The Morgan fingerprint density at radius 1 is 1.31 bits per heavy atom. The Labute approximate surface area is 174 Å². The maximum atomic E-state index is 14.4.